The van der Waals surface area contributed by atoms with Crippen molar-refractivity contribution in [3.8, 4) is 5.69 Å². The summed E-state index contributed by atoms with van der Waals surface area (Å²) in [4.78, 5) is 22.1. The fourth-order valence-electron chi connectivity index (χ4n) is 4.73. The van der Waals surface area contributed by atoms with Crippen LogP contribution in [0.3, 0.4) is 0 Å². The molecule has 1 N–H and O–H groups in total. The lowest BCUT2D eigenvalue weighted by atomic mass is 10.1. The molecular formula is C27H34FN5O. The number of imidazole rings is 1. The maximum Gasteiger partial charge on any atom is 0.271 e. The van der Waals surface area contributed by atoms with Gasteiger partial charge >= 0.3 is 0 Å². The van der Waals surface area contributed by atoms with Gasteiger partial charge in [-0.1, -0.05) is 18.2 Å². The highest BCUT2D eigenvalue weighted by Crippen LogP contribution is 2.24. The molecule has 180 valence electrons. The fraction of sp³-hybridized carbons (Fsp3) is 0.407. The molecule has 0 unspecified atom stereocenters. The molecule has 1 aliphatic rings. The minimum Gasteiger partial charge on any atom is -0.369 e. The summed E-state index contributed by atoms with van der Waals surface area (Å²) >= 11 is 0. The lowest BCUT2D eigenvalue weighted by molar-refractivity contribution is 0.0946. The molecule has 1 amide bonds. The maximum absolute atomic E-state index is 13.7. The molecule has 7 heteroatoms. The number of aryl methyl sites for hydroxylation is 2. The Morgan fingerprint density at radius 2 is 1.76 bits per heavy atom. The van der Waals surface area contributed by atoms with Crippen molar-refractivity contribution < 1.29 is 9.18 Å². The van der Waals surface area contributed by atoms with Gasteiger partial charge in [0.05, 0.1) is 5.69 Å². The van der Waals surface area contributed by atoms with E-state index in [1.165, 1.54) is 28.9 Å². The van der Waals surface area contributed by atoms with Crippen LogP contribution in [0.1, 0.15) is 39.6 Å². The van der Waals surface area contributed by atoms with Crippen molar-refractivity contribution in [1.29, 1.82) is 0 Å². The largest absolute Gasteiger partial charge is 0.369 e. The molecule has 0 atom stereocenters. The number of carbonyl (C=O) groups excluding carboxylic acids is 1. The zero-order chi connectivity index (χ0) is 24.2. The monoisotopic (exact) mass is 463 g/mol. The summed E-state index contributed by atoms with van der Waals surface area (Å²) in [6.07, 6.45) is 0.887. The second-order valence-electron chi connectivity index (χ2n) is 9.07. The molecular weight excluding hydrogens is 429 g/mol. The average molecular weight is 464 g/mol. The number of carbonyl (C=O) groups is 1. The van der Waals surface area contributed by atoms with Crippen molar-refractivity contribution >= 4 is 11.6 Å². The number of benzene rings is 2. The van der Waals surface area contributed by atoms with E-state index in [0.717, 1.165) is 39.1 Å². The minimum atomic E-state index is -0.314. The molecule has 0 radical (unpaired) electrons. The Balaban J connectivity index is 1.25. The summed E-state index contributed by atoms with van der Waals surface area (Å²) in [5.74, 6) is 0.163. The number of piperazine rings is 1. The third kappa shape index (κ3) is 5.14. The van der Waals surface area contributed by atoms with Crippen LogP contribution in [0.4, 0.5) is 10.1 Å². The first-order chi connectivity index (χ1) is 16.3. The standard InChI is InChI=1S/C27H34FN5O/c1-19-8-5-11-25(20(19)2)32-16-14-31(15-17-32)13-7-12-29-27(34)26-21(3)33(22(4)30-26)24-10-6-9-23(28)18-24/h5-6,8-11,18H,7,12-17H2,1-4H3,(H,29,34). The van der Waals surface area contributed by atoms with Gasteiger partial charge in [-0.2, -0.15) is 0 Å². The highest BCUT2D eigenvalue weighted by molar-refractivity contribution is 5.93. The zero-order valence-corrected chi connectivity index (χ0v) is 20.6. The van der Waals surface area contributed by atoms with E-state index in [1.807, 2.05) is 24.5 Å². The molecule has 6 nitrogen and oxygen atoms in total. The van der Waals surface area contributed by atoms with Crippen LogP contribution < -0.4 is 10.2 Å². The summed E-state index contributed by atoms with van der Waals surface area (Å²) in [6.45, 7) is 13.7. The van der Waals surface area contributed by atoms with Gasteiger partial charge in [0.1, 0.15) is 17.3 Å². The van der Waals surface area contributed by atoms with E-state index >= 15 is 0 Å². The van der Waals surface area contributed by atoms with Crippen LogP contribution in [-0.2, 0) is 0 Å². The maximum atomic E-state index is 13.7. The quantitative estimate of drug-likeness (QED) is 0.534. The molecule has 1 fully saturated rings. The number of halogens is 1. The summed E-state index contributed by atoms with van der Waals surface area (Å²) in [6, 6.07) is 12.8. The van der Waals surface area contributed by atoms with Crippen molar-refractivity contribution in [3.63, 3.8) is 0 Å². The molecule has 1 saturated heterocycles. The van der Waals surface area contributed by atoms with Crippen LogP contribution in [-0.4, -0.2) is 59.6 Å². The molecule has 2 aromatic carbocycles. The van der Waals surface area contributed by atoms with Gasteiger partial charge in [-0.15, -0.1) is 0 Å². The number of aromatic nitrogens is 2. The lowest BCUT2D eigenvalue weighted by Gasteiger charge is -2.37. The molecule has 4 rings (SSSR count). The van der Waals surface area contributed by atoms with Gasteiger partial charge in [-0.05, 0) is 76.1 Å². The SMILES string of the molecule is Cc1cccc(N2CCN(CCCNC(=O)c3nc(C)n(-c4cccc(F)c4)c3C)CC2)c1C. The number of anilines is 1. The van der Waals surface area contributed by atoms with Gasteiger partial charge in [-0.25, -0.2) is 9.37 Å². The number of hydrogen-bond donors (Lipinski definition) is 1. The Hall–Kier alpha value is -3.19. The minimum absolute atomic E-state index is 0.185. The number of amides is 1. The van der Waals surface area contributed by atoms with Crippen molar-refractivity contribution in [1.82, 2.24) is 19.8 Å². The smallest absolute Gasteiger partial charge is 0.271 e. The molecule has 1 aromatic heterocycles. The van der Waals surface area contributed by atoms with Crippen LogP contribution in [0.2, 0.25) is 0 Å². The highest BCUT2D eigenvalue weighted by Gasteiger charge is 2.20. The van der Waals surface area contributed by atoms with Crippen molar-refractivity contribution in [2.24, 2.45) is 0 Å². The van der Waals surface area contributed by atoms with Gasteiger partial charge in [0.25, 0.3) is 5.91 Å². The van der Waals surface area contributed by atoms with Crippen LogP contribution in [0, 0.1) is 33.5 Å². The molecule has 0 bridgehead atoms. The molecule has 34 heavy (non-hydrogen) atoms. The van der Waals surface area contributed by atoms with E-state index in [0.29, 0.717) is 29.4 Å². The van der Waals surface area contributed by atoms with E-state index in [1.54, 1.807) is 6.07 Å². The third-order valence-corrected chi connectivity index (χ3v) is 6.78. The Morgan fingerprint density at radius 3 is 2.50 bits per heavy atom. The first-order valence-electron chi connectivity index (χ1n) is 12.0. The third-order valence-electron chi connectivity index (χ3n) is 6.78. The van der Waals surface area contributed by atoms with Gasteiger partial charge in [0.2, 0.25) is 0 Å². The van der Waals surface area contributed by atoms with Crippen LogP contribution in [0.15, 0.2) is 42.5 Å². The second-order valence-corrected chi connectivity index (χ2v) is 9.07. The van der Waals surface area contributed by atoms with Crippen LogP contribution in [0.5, 0.6) is 0 Å². The zero-order valence-electron chi connectivity index (χ0n) is 20.6. The predicted molar refractivity (Wildman–Crippen MR) is 135 cm³/mol. The second kappa shape index (κ2) is 10.4. The number of rotatable bonds is 7. The van der Waals surface area contributed by atoms with Crippen LogP contribution in [0.25, 0.3) is 5.69 Å². The Bertz CT molecular complexity index is 1160. The van der Waals surface area contributed by atoms with Gasteiger partial charge < -0.3 is 14.8 Å². The number of hydrogen-bond acceptors (Lipinski definition) is 4. The normalized spacial score (nSPS) is 14.4. The highest BCUT2D eigenvalue weighted by atomic mass is 19.1. The topological polar surface area (TPSA) is 53.4 Å². The first-order valence-corrected chi connectivity index (χ1v) is 12.0. The van der Waals surface area contributed by atoms with Gasteiger partial charge in [0.15, 0.2) is 0 Å². The molecule has 0 saturated carbocycles. The molecule has 3 aromatic rings. The molecule has 0 spiro atoms. The van der Waals surface area contributed by atoms with Gasteiger partial charge in [-0.3, -0.25) is 9.69 Å². The Morgan fingerprint density at radius 1 is 1.03 bits per heavy atom. The number of nitrogens with zero attached hydrogens (tertiary/aromatic N) is 4. The summed E-state index contributed by atoms with van der Waals surface area (Å²) < 4.78 is 15.5. The Labute approximate surface area is 201 Å². The van der Waals surface area contributed by atoms with E-state index in [4.69, 9.17) is 0 Å². The number of nitrogens with one attached hydrogen (secondary N) is 1. The molecule has 0 aliphatic carbocycles. The van der Waals surface area contributed by atoms with E-state index < -0.39 is 0 Å². The molecule has 2 heterocycles. The Kier molecular flexibility index (Phi) is 7.32. The van der Waals surface area contributed by atoms with E-state index in [-0.39, 0.29) is 11.7 Å². The van der Waals surface area contributed by atoms with Gasteiger partial charge in [0, 0.05) is 44.1 Å². The van der Waals surface area contributed by atoms with Crippen molar-refractivity contribution in [2.75, 3.05) is 44.2 Å². The van der Waals surface area contributed by atoms with Crippen LogP contribution >= 0.6 is 0 Å². The average Bonchev–Trinajstić information content (AvgIpc) is 3.13. The first kappa shape index (κ1) is 24.0. The van der Waals surface area contributed by atoms with E-state index in [2.05, 4.69) is 52.1 Å². The summed E-state index contributed by atoms with van der Waals surface area (Å²) in [5.41, 5.74) is 5.81. The van der Waals surface area contributed by atoms with Crippen molar-refractivity contribution in [2.45, 2.75) is 34.1 Å². The summed E-state index contributed by atoms with van der Waals surface area (Å²) in [5, 5.41) is 3.01. The molecule has 1 aliphatic heterocycles. The fourth-order valence-corrected chi connectivity index (χ4v) is 4.73. The van der Waals surface area contributed by atoms with Crippen molar-refractivity contribution in [3.05, 3.63) is 76.6 Å². The predicted octanol–water partition coefficient (Wildman–Crippen LogP) is 4.19. The van der Waals surface area contributed by atoms with E-state index in [9.17, 15) is 9.18 Å². The summed E-state index contributed by atoms with van der Waals surface area (Å²) in [7, 11) is 0. The lowest BCUT2D eigenvalue weighted by Crippen LogP contribution is -2.47.